The van der Waals surface area contributed by atoms with Crippen LogP contribution in [0.4, 0.5) is 26.1 Å². The summed E-state index contributed by atoms with van der Waals surface area (Å²) < 4.78 is 34.2. The molecule has 4 heterocycles. The molecule has 0 bridgehead atoms. The van der Waals surface area contributed by atoms with Crippen molar-refractivity contribution < 1.29 is 18.3 Å². The Bertz CT molecular complexity index is 1450. The van der Waals surface area contributed by atoms with Crippen LogP contribution in [0.1, 0.15) is 55.7 Å². The van der Waals surface area contributed by atoms with E-state index >= 15 is 4.39 Å². The minimum Gasteiger partial charge on any atom is -0.461 e. The van der Waals surface area contributed by atoms with Gasteiger partial charge in [0.15, 0.2) is 17.3 Å². The summed E-state index contributed by atoms with van der Waals surface area (Å²) >= 11 is 0. The second kappa shape index (κ2) is 11.2. The van der Waals surface area contributed by atoms with Gasteiger partial charge in [0.05, 0.1) is 24.4 Å². The normalized spacial score (nSPS) is 17.7. The molecule has 0 aliphatic carbocycles. The fourth-order valence-electron chi connectivity index (χ4n) is 5.68. The molecule has 0 N–H and O–H groups in total. The van der Waals surface area contributed by atoms with Gasteiger partial charge in [-0.3, -0.25) is 5.01 Å². The molecule has 1 aromatic carbocycles. The van der Waals surface area contributed by atoms with Gasteiger partial charge in [-0.1, -0.05) is 13.8 Å². The number of hydrogen-bond donors (Lipinski definition) is 0. The number of hydrogen-bond acceptors (Lipinski definition) is 8. The zero-order chi connectivity index (χ0) is 28.6. The number of esters is 1. The van der Waals surface area contributed by atoms with Crippen molar-refractivity contribution in [3.8, 4) is 17.2 Å². The number of ether oxygens (including phenoxy) is 1. The predicted molar refractivity (Wildman–Crippen MR) is 148 cm³/mol. The number of aromatic nitrogens is 2. The molecule has 2 aromatic heterocycles. The highest BCUT2D eigenvalue weighted by molar-refractivity contribution is 5.92. The average molecular weight is 547 g/mol. The molecule has 1 saturated heterocycles. The summed E-state index contributed by atoms with van der Waals surface area (Å²) in [6, 6.07) is 11.2. The number of nitriles is 1. The molecule has 0 spiro atoms. The number of anilines is 3. The van der Waals surface area contributed by atoms with Crippen LogP contribution < -0.4 is 9.91 Å². The molecular weight excluding hydrogens is 514 g/mol. The number of hydrazine groups is 1. The Balaban J connectivity index is 1.64. The number of carbonyl (C=O) groups is 1. The fourth-order valence-corrected chi connectivity index (χ4v) is 5.68. The Hall–Kier alpha value is -4.10. The Kier molecular flexibility index (Phi) is 7.68. The van der Waals surface area contributed by atoms with E-state index in [2.05, 4.69) is 29.8 Å². The minimum atomic E-state index is -0.738. The van der Waals surface area contributed by atoms with E-state index in [1.165, 1.54) is 12.1 Å². The third kappa shape index (κ3) is 4.97. The van der Waals surface area contributed by atoms with Crippen LogP contribution in [0.5, 0.6) is 0 Å². The first-order valence-corrected chi connectivity index (χ1v) is 13.5. The van der Waals surface area contributed by atoms with E-state index in [4.69, 9.17) is 9.72 Å². The molecule has 208 valence electrons. The Morgan fingerprint density at radius 2 is 1.93 bits per heavy atom. The van der Waals surface area contributed by atoms with Crippen LogP contribution in [-0.2, 0) is 4.74 Å². The van der Waals surface area contributed by atoms with Gasteiger partial charge in [-0.15, -0.1) is 0 Å². The smallest absolute Gasteiger partial charge is 0.357 e. The van der Waals surface area contributed by atoms with Crippen LogP contribution in [0.25, 0.3) is 11.1 Å². The summed E-state index contributed by atoms with van der Waals surface area (Å²) in [5, 5.41) is 12.7. The first-order valence-electron chi connectivity index (χ1n) is 13.5. The highest BCUT2D eigenvalue weighted by atomic mass is 19.1. The van der Waals surface area contributed by atoms with Crippen LogP contribution in [0.3, 0.4) is 0 Å². The lowest BCUT2D eigenvalue weighted by atomic mass is 9.90. The zero-order valence-electron chi connectivity index (χ0n) is 23.1. The van der Waals surface area contributed by atoms with Crippen molar-refractivity contribution in [2.45, 2.75) is 39.7 Å². The van der Waals surface area contributed by atoms with Gasteiger partial charge in [0.25, 0.3) is 0 Å². The summed E-state index contributed by atoms with van der Waals surface area (Å²) in [5.74, 6) is -0.639. The summed E-state index contributed by atoms with van der Waals surface area (Å²) in [6.07, 6.45) is 3.38. The predicted octanol–water partition coefficient (Wildman–Crippen LogP) is 6.03. The first-order chi connectivity index (χ1) is 19.2. The van der Waals surface area contributed by atoms with Gasteiger partial charge in [0.2, 0.25) is 0 Å². The van der Waals surface area contributed by atoms with Crippen molar-refractivity contribution in [1.82, 2.24) is 15.0 Å². The van der Waals surface area contributed by atoms with Crippen molar-refractivity contribution in [1.29, 1.82) is 5.26 Å². The van der Waals surface area contributed by atoms with Gasteiger partial charge >= 0.3 is 5.97 Å². The van der Waals surface area contributed by atoms with Crippen molar-refractivity contribution in [3.63, 3.8) is 0 Å². The third-order valence-corrected chi connectivity index (χ3v) is 7.57. The van der Waals surface area contributed by atoms with Crippen LogP contribution in [0.2, 0.25) is 0 Å². The number of fused-ring (bicyclic) bond motifs is 1. The number of halogens is 2. The third-order valence-electron chi connectivity index (χ3n) is 7.57. The highest BCUT2D eigenvalue weighted by Gasteiger charge is 2.42. The molecule has 5 rings (SSSR count). The van der Waals surface area contributed by atoms with E-state index in [0.29, 0.717) is 5.82 Å². The van der Waals surface area contributed by atoms with Gasteiger partial charge in [-0.05, 0) is 61.6 Å². The molecule has 8 nitrogen and oxygen atoms in total. The van der Waals surface area contributed by atoms with Crippen molar-refractivity contribution >= 4 is 23.3 Å². The van der Waals surface area contributed by atoms with Crippen molar-refractivity contribution in [2.24, 2.45) is 11.8 Å². The number of piperidine rings is 1. The second-order valence-corrected chi connectivity index (χ2v) is 10.5. The molecule has 40 heavy (non-hydrogen) atoms. The number of nitrogens with zero attached hydrogens (tertiary/aromatic N) is 6. The SMILES string of the molecule is CCOC(=O)c1cc(-c2ccc(N3CCC(C#N)CC3)nc2)c2c(n1)N(c1ccc(F)cc1F)N(C)C2C(C)C. The van der Waals surface area contributed by atoms with Gasteiger partial charge in [0.1, 0.15) is 11.6 Å². The summed E-state index contributed by atoms with van der Waals surface area (Å²) in [7, 11) is 1.83. The minimum absolute atomic E-state index is 0.0788. The van der Waals surface area contributed by atoms with E-state index < -0.39 is 17.6 Å². The van der Waals surface area contributed by atoms with Gasteiger partial charge in [-0.2, -0.15) is 5.26 Å². The quantitative estimate of drug-likeness (QED) is 0.346. The molecular formula is C30H32F2N6O2. The van der Waals surface area contributed by atoms with E-state index in [1.807, 2.05) is 24.2 Å². The molecule has 0 radical (unpaired) electrons. The van der Waals surface area contributed by atoms with Gasteiger partial charge < -0.3 is 9.64 Å². The van der Waals surface area contributed by atoms with E-state index in [1.54, 1.807) is 24.2 Å². The summed E-state index contributed by atoms with van der Waals surface area (Å²) in [4.78, 5) is 24.5. The lowest BCUT2D eigenvalue weighted by Crippen LogP contribution is -2.35. The molecule has 3 aromatic rings. The highest BCUT2D eigenvalue weighted by Crippen LogP contribution is 2.50. The maximum atomic E-state index is 15.1. The molecule has 1 atom stereocenters. The number of rotatable bonds is 6. The number of pyridine rings is 2. The maximum absolute atomic E-state index is 15.1. The first kappa shape index (κ1) is 27.5. The number of benzene rings is 1. The summed E-state index contributed by atoms with van der Waals surface area (Å²) in [6.45, 7) is 7.55. The van der Waals surface area contributed by atoms with E-state index in [-0.39, 0.29) is 35.9 Å². The van der Waals surface area contributed by atoms with Crippen LogP contribution >= 0.6 is 0 Å². The second-order valence-electron chi connectivity index (χ2n) is 10.5. The lowest BCUT2D eigenvalue weighted by Gasteiger charge is -2.32. The molecule has 0 saturated carbocycles. The number of carbonyl (C=O) groups excluding carboxylic acids is 1. The molecule has 1 fully saturated rings. The van der Waals surface area contributed by atoms with Crippen LogP contribution in [0.15, 0.2) is 42.6 Å². The molecule has 2 aliphatic heterocycles. The van der Waals surface area contributed by atoms with Crippen molar-refractivity contribution in [2.75, 3.05) is 36.7 Å². The van der Waals surface area contributed by atoms with Gasteiger partial charge in [-0.25, -0.2) is 28.6 Å². The van der Waals surface area contributed by atoms with Crippen molar-refractivity contribution in [3.05, 3.63) is 65.5 Å². The summed E-state index contributed by atoms with van der Waals surface area (Å²) in [5.41, 5.74) is 2.55. The monoisotopic (exact) mass is 546 g/mol. The lowest BCUT2D eigenvalue weighted by molar-refractivity contribution is 0.0519. The van der Waals surface area contributed by atoms with Crippen LogP contribution in [-0.4, -0.2) is 47.7 Å². The Morgan fingerprint density at radius 3 is 2.52 bits per heavy atom. The molecule has 1 unspecified atom stereocenters. The molecule has 0 amide bonds. The molecule has 2 aliphatic rings. The largest absolute Gasteiger partial charge is 0.461 e. The van der Waals surface area contributed by atoms with E-state index in [0.717, 1.165) is 54.5 Å². The average Bonchev–Trinajstić information content (AvgIpc) is 3.24. The van der Waals surface area contributed by atoms with E-state index in [9.17, 15) is 14.4 Å². The Labute approximate surface area is 232 Å². The molecule has 10 heteroatoms. The Morgan fingerprint density at radius 1 is 1.18 bits per heavy atom. The topological polar surface area (TPSA) is 85.6 Å². The maximum Gasteiger partial charge on any atom is 0.357 e. The standard InChI is InChI=1S/C30H32F2N6O2/c1-5-40-30(39)24-15-22(20-6-9-26(34-17-20)37-12-10-19(16-33)11-13-37)27-28(18(2)3)36(4)38(29(27)35-24)25-8-7-21(31)14-23(25)32/h6-9,14-15,17-19,28H,5,10-13H2,1-4H3. The fraction of sp³-hybridized carbons (Fsp3) is 0.400. The van der Waals surface area contributed by atoms with Gasteiger partial charge in [0, 0.05) is 49.4 Å². The zero-order valence-corrected chi connectivity index (χ0v) is 23.1. The van der Waals surface area contributed by atoms with Crippen LogP contribution in [0, 0.1) is 34.8 Å².